The van der Waals surface area contributed by atoms with Gasteiger partial charge in [-0.05, 0) is 30.2 Å². The maximum Gasteiger partial charge on any atom is 0.356 e. The Morgan fingerprint density at radius 3 is 2.28 bits per heavy atom. The third-order valence-corrected chi connectivity index (χ3v) is 4.81. The van der Waals surface area contributed by atoms with E-state index in [1.54, 1.807) is 0 Å². The third-order valence-electron chi connectivity index (χ3n) is 4.81. The van der Waals surface area contributed by atoms with Crippen LogP contribution in [-0.4, -0.2) is 33.5 Å². The summed E-state index contributed by atoms with van der Waals surface area (Å²) in [6.45, 7) is 0.586. The number of aromatic nitrogens is 2. The fourth-order valence-electron chi connectivity index (χ4n) is 3.48. The largest absolute Gasteiger partial charge is 0.476 e. The van der Waals surface area contributed by atoms with Gasteiger partial charge in [-0.15, -0.1) is 0 Å². The maximum absolute atomic E-state index is 12.3. The number of carbonyl (C=O) groups excluding carboxylic acids is 1. The zero-order valence-electron chi connectivity index (χ0n) is 13.9. The number of amides is 1. The number of benzene rings is 1. The molecule has 2 aromatic rings. The second kappa shape index (κ2) is 7.42. The van der Waals surface area contributed by atoms with E-state index >= 15 is 0 Å². The molecule has 130 valence electrons. The SMILES string of the molecule is O=C(O)c1cnc(C(=O)NCC2(Cc3ccccc3)CCCC2)cn1. The van der Waals surface area contributed by atoms with Gasteiger partial charge in [-0.2, -0.15) is 0 Å². The van der Waals surface area contributed by atoms with Crippen LogP contribution >= 0.6 is 0 Å². The molecule has 0 spiro atoms. The van der Waals surface area contributed by atoms with Crippen LogP contribution in [0.4, 0.5) is 0 Å². The Hall–Kier alpha value is -2.76. The summed E-state index contributed by atoms with van der Waals surface area (Å²) in [6.07, 6.45) is 7.78. The maximum atomic E-state index is 12.3. The van der Waals surface area contributed by atoms with Crippen LogP contribution in [0, 0.1) is 5.41 Å². The van der Waals surface area contributed by atoms with Crippen LogP contribution in [0.3, 0.4) is 0 Å². The number of hydrogen-bond donors (Lipinski definition) is 2. The predicted octanol–water partition coefficient (Wildman–Crippen LogP) is 2.71. The number of rotatable bonds is 6. The topological polar surface area (TPSA) is 92.2 Å². The summed E-state index contributed by atoms with van der Waals surface area (Å²) < 4.78 is 0. The van der Waals surface area contributed by atoms with Crippen molar-refractivity contribution in [2.24, 2.45) is 5.41 Å². The quantitative estimate of drug-likeness (QED) is 0.844. The van der Waals surface area contributed by atoms with Gasteiger partial charge in [0.05, 0.1) is 12.4 Å². The van der Waals surface area contributed by atoms with E-state index in [9.17, 15) is 9.59 Å². The number of aromatic carboxylic acids is 1. The van der Waals surface area contributed by atoms with Gasteiger partial charge in [-0.1, -0.05) is 43.2 Å². The molecule has 0 radical (unpaired) electrons. The molecule has 0 bridgehead atoms. The average Bonchev–Trinajstić information content (AvgIpc) is 3.09. The number of carboxylic acids is 1. The molecule has 0 unspecified atom stereocenters. The van der Waals surface area contributed by atoms with Gasteiger partial charge >= 0.3 is 5.97 Å². The van der Waals surface area contributed by atoms with Crippen LogP contribution in [0.25, 0.3) is 0 Å². The van der Waals surface area contributed by atoms with Crippen LogP contribution in [0.1, 0.15) is 52.2 Å². The first-order valence-electron chi connectivity index (χ1n) is 8.45. The van der Waals surface area contributed by atoms with Gasteiger partial charge in [0, 0.05) is 6.54 Å². The Balaban J connectivity index is 1.65. The zero-order chi connectivity index (χ0) is 17.7. The highest BCUT2D eigenvalue weighted by atomic mass is 16.4. The van der Waals surface area contributed by atoms with Gasteiger partial charge in [-0.3, -0.25) is 4.79 Å². The van der Waals surface area contributed by atoms with Gasteiger partial charge in [0.25, 0.3) is 5.91 Å². The van der Waals surface area contributed by atoms with Crippen molar-refractivity contribution in [1.82, 2.24) is 15.3 Å². The fourth-order valence-corrected chi connectivity index (χ4v) is 3.48. The minimum atomic E-state index is -1.16. The number of nitrogens with one attached hydrogen (secondary N) is 1. The van der Waals surface area contributed by atoms with E-state index in [4.69, 9.17) is 5.11 Å². The van der Waals surface area contributed by atoms with E-state index in [2.05, 4.69) is 27.4 Å². The highest BCUT2D eigenvalue weighted by molar-refractivity contribution is 5.92. The lowest BCUT2D eigenvalue weighted by Crippen LogP contribution is -2.37. The number of nitrogens with zero attached hydrogens (tertiary/aromatic N) is 2. The molecule has 1 saturated carbocycles. The molecule has 0 saturated heterocycles. The Morgan fingerprint density at radius 1 is 1.04 bits per heavy atom. The van der Waals surface area contributed by atoms with E-state index in [1.807, 2.05) is 18.2 Å². The van der Waals surface area contributed by atoms with E-state index in [1.165, 1.54) is 24.6 Å². The minimum absolute atomic E-state index is 0.0748. The molecule has 1 aromatic carbocycles. The molecule has 6 heteroatoms. The van der Waals surface area contributed by atoms with Gasteiger partial charge < -0.3 is 10.4 Å². The molecule has 1 aromatic heterocycles. The molecule has 1 aliphatic rings. The van der Waals surface area contributed by atoms with Crippen molar-refractivity contribution in [2.45, 2.75) is 32.1 Å². The van der Waals surface area contributed by atoms with E-state index in [0.717, 1.165) is 25.5 Å². The molecule has 0 atom stereocenters. The van der Waals surface area contributed by atoms with Crippen molar-refractivity contribution in [3.8, 4) is 0 Å². The van der Waals surface area contributed by atoms with Crippen LogP contribution in [0.15, 0.2) is 42.7 Å². The molecule has 0 aliphatic heterocycles. The third kappa shape index (κ3) is 4.21. The van der Waals surface area contributed by atoms with Gasteiger partial charge in [0.2, 0.25) is 0 Å². The minimum Gasteiger partial charge on any atom is -0.476 e. The predicted molar refractivity (Wildman–Crippen MR) is 92.4 cm³/mol. The summed E-state index contributed by atoms with van der Waals surface area (Å²) >= 11 is 0. The first kappa shape index (κ1) is 17.1. The summed E-state index contributed by atoms with van der Waals surface area (Å²) in [4.78, 5) is 30.7. The van der Waals surface area contributed by atoms with Crippen molar-refractivity contribution in [2.75, 3.05) is 6.54 Å². The van der Waals surface area contributed by atoms with Crippen LogP contribution in [-0.2, 0) is 6.42 Å². The molecule has 3 rings (SSSR count). The summed E-state index contributed by atoms with van der Waals surface area (Å²) in [5, 5.41) is 11.8. The van der Waals surface area contributed by atoms with Crippen LogP contribution < -0.4 is 5.32 Å². The monoisotopic (exact) mass is 339 g/mol. The molecule has 1 heterocycles. The number of carbonyl (C=O) groups is 2. The molecule has 25 heavy (non-hydrogen) atoms. The van der Waals surface area contributed by atoms with Gasteiger partial charge in [-0.25, -0.2) is 14.8 Å². The molecule has 1 fully saturated rings. The standard InChI is InChI=1S/C19H21N3O3/c23-17(15-11-21-16(12-20-15)18(24)25)22-13-19(8-4-5-9-19)10-14-6-2-1-3-7-14/h1-3,6-7,11-12H,4-5,8-10,13H2,(H,22,23)(H,24,25). The van der Waals surface area contributed by atoms with Crippen molar-refractivity contribution in [3.05, 3.63) is 59.7 Å². The fraction of sp³-hybridized carbons (Fsp3) is 0.368. The molecule has 1 aliphatic carbocycles. The second-order valence-electron chi connectivity index (χ2n) is 6.64. The highest BCUT2D eigenvalue weighted by Crippen LogP contribution is 2.40. The molecule has 6 nitrogen and oxygen atoms in total. The molecule has 2 N–H and O–H groups in total. The van der Waals surface area contributed by atoms with Crippen molar-refractivity contribution < 1.29 is 14.7 Å². The summed E-state index contributed by atoms with van der Waals surface area (Å²) in [5.41, 5.74) is 1.32. The molecular formula is C19H21N3O3. The first-order valence-corrected chi connectivity index (χ1v) is 8.45. The van der Waals surface area contributed by atoms with Crippen molar-refractivity contribution in [1.29, 1.82) is 0 Å². The lowest BCUT2D eigenvalue weighted by atomic mass is 9.80. The van der Waals surface area contributed by atoms with Gasteiger partial charge in [0.15, 0.2) is 5.69 Å². The summed E-state index contributed by atoms with van der Waals surface area (Å²) in [7, 11) is 0. The average molecular weight is 339 g/mol. The Bertz CT molecular complexity index is 738. The summed E-state index contributed by atoms with van der Waals surface area (Å²) in [6, 6.07) is 10.3. The van der Waals surface area contributed by atoms with E-state index < -0.39 is 5.97 Å². The van der Waals surface area contributed by atoms with Crippen LogP contribution in [0.5, 0.6) is 0 Å². The van der Waals surface area contributed by atoms with E-state index in [-0.39, 0.29) is 22.7 Å². The van der Waals surface area contributed by atoms with Crippen molar-refractivity contribution in [3.63, 3.8) is 0 Å². The lowest BCUT2D eigenvalue weighted by molar-refractivity contribution is 0.0689. The second-order valence-corrected chi connectivity index (χ2v) is 6.64. The van der Waals surface area contributed by atoms with Crippen molar-refractivity contribution >= 4 is 11.9 Å². The number of carboxylic acid groups (broad SMARTS) is 1. The molecular weight excluding hydrogens is 318 g/mol. The Kier molecular flexibility index (Phi) is 5.07. The first-order chi connectivity index (χ1) is 12.1. The Morgan fingerprint density at radius 2 is 1.68 bits per heavy atom. The molecule has 1 amide bonds. The zero-order valence-corrected chi connectivity index (χ0v) is 13.9. The highest BCUT2D eigenvalue weighted by Gasteiger charge is 2.34. The number of hydrogen-bond acceptors (Lipinski definition) is 4. The smallest absolute Gasteiger partial charge is 0.356 e. The Labute approximate surface area is 146 Å². The van der Waals surface area contributed by atoms with Gasteiger partial charge in [0.1, 0.15) is 5.69 Å². The van der Waals surface area contributed by atoms with Crippen LogP contribution in [0.2, 0.25) is 0 Å². The normalized spacial score (nSPS) is 15.7. The lowest BCUT2D eigenvalue weighted by Gasteiger charge is -2.29. The van der Waals surface area contributed by atoms with E-state index in [0.29, 0.717) is 6.54 Å². The summed E-state index contributed by atoms with van der Waals surface area (Å²) in [5.74, 6) is -1.48.